The highest BCUT2D eigenvalue weighted by atomic mass is 16.5. The number of rotatable bonds is 6. The van der Waals surface area contributed by atoms with Crippen LogP contribution in [0.15, 0.2) is 36.5 Å². The molecule has 1 aromatic carbocycles. The van der Waals surface area contributed by atoms with Gasteiger partial charge >= 0.3 is 0 Å². The van der Waals surface area contributed by atoms with Gasteiger partial charge in [0, 0.05) is 49.9 Å². The summed E-state index contributed by atoms with van der Waals surface area (Å²) in [6.07, 6.45) is 4.41. The zero-order chi connectivity index (χ0) is 25.0. The van der Waals surface area contributed by atoms with Gasteiger partial charge in [-0.05, 0) is 62.6 Å². The van der Waals surface area contributed by atoms with Crippen molar-refractivity contribution in [3.05, 3.63) is 42.1 Å². The van der Waals surface area contributed by atoms with Crippen LogP contribution < -0.4 is 10.1 Å². The first-order valence-corrected chi connectivity index (χ1v) is 12.6. The number of piperidine rings is 1. The van der Waals surface area contributed by atoms with Crippen molar-refractivity contribution in [2.75, 3.05) is 27.2 Å². The quantitative estimate of drug-likeness (QED) is 0.433. The molecule has 0 bridgehead atoms. The molecular weight excluding hydrogens is 456 g/mol. The number of aliphatic hydroxyl groups excluding tert-OH is 1. The third-order valence-electron chi connectivity index (χ3n) is 7.55. The number of hydrogen-bond donors (Lipinski definition) is 2. The van der Waals surface area contributed by atoms with Crippen molar-refractivity contribution in [2.45, 2.75) is 38.0 Å². The van der Waals surface area contributed by atoms with Crippen LogP contribution >= 0.6 is 0 Å². The van der Waals surface area contributed by atoms with E-state index in [-0.39, 0.29) is 11.9 Å². The van der Waals surface area contributed by atoms with Crippen molar-refractivity contribution in [1.29, 1.82) is 0 Å². The summed E-state index contributed by atoms with van der Waals surface area (Å²) in [4.78, 5) is 24.8. The average molecular weight is 489 g/mol. The first-order valence-electron chi connectivity index (χ1n) is 12.6. The minimum atomic E-state index is -0.547. The minimum absolute atomic E-state index is 0.0618. The zero-order valence-electron chi connectivity index (χ0n) is 20.9. The molecule has 2 aliphatic rings. The molecule has 1 amide bonds. The summed E-state index contributed by atoms with van der Waals surface area (Å²) in [6.45, 7) is 1.79. The van der Waals surface area contributed by atoms with Gasteiger partial charge in [-0.15, -0.1) is 0 Å². The molecule has 1 aliphatic heterocycles. The zero-order valence-corrected chi connectivity index (χ0v) is 20.9. The van der Waals surface area contributed by atoms with E-state index in [0.29, 0.717) is 42.3 Å². The predicted octanol–water partition coefficient (Wildman–Crippen LogP) is 2.80. The number of β-amino-alcohol motifs (C(OH)–C–C–N with tert-alkyl or cyclic N) is 1. The number of pyridine rings is 1. The van der Waals surface area contributed by atoms with Crippen molar-refractivity contribution in [2.24, 2.45) is 13.0 Å². The molecule has 36 heavy (non-hydrogen) atoms. The predicted molar refractivity (Wildman–Crippen MR) is 138 cm³/mol. The maximum absolute atomic E-state index is 13.5. The number of nitrogens with zero attached hydrogens (tertiary/aromatic N) is 5. The number of likely N-dealkylation sites (N-methyl/N-ethyl adjacent to an activating group) is 1. The molecule has 1 saturated heterocycles. The summed E-state index contributed by atoms with van der Waals surface area (Å²) in [6, 6.07) is 9.88. The van der Waals surface area contributed by atoms with Crippen LogP contribution in [0.1, 0.15) is 29.6 Å². The third-order valence-corrected chi connectivity index (χ3v) is 7.55. The number of methoxy groups -OCH3 is 1. The largest absolute Gasteiger partial charge is 0.494 e. The summed E-state index contributed by atoms with van der Waals surface area (Å²) < 4.78 is 10.1. The van der Waals surface area contributed by atoms with Gasteiger partial charge in [0.15, 0.2) is 5.82 Å². The molecule has 2 N–H and O–H groups in total. The van der Waals surface area contributed by atoms with E-state index in [2.05, 4.69) is 27.0 Å². The number of imidazole rings is 1. The summed E-state index contributed by atoms with van der Waals surface area (Å²) >= 11 is 0. The first-order chi connectivity index (χ1) is 17.5. The van der Waals surface area contributed by atoms with Gasteiger partial charge in [0.05, 0.1) is 24.4 Å². The number of benzene rings is 1. The van der Waals surface area contributed by atoms with Gasteiger partial charge in [0.2, 0.25) is 0 Å². The Kier molecular flexibility index (Phi) is 5.69. The number of likely N-dealkylation sites (tertiary alicyclic amines) is 1. The molecule has 9 nitrogen and oxygen atoms in total. The number of fused-ring (bicyclic) bond motifs is 2. The number of amides is 1. The molecule has 0 spiro atoms. The van der Waals surface area contributed by atoms with E-state index in [1.807, 2.05) is 37.0 Å². The Morgan fingerprint density at radius 2 is 2.08 bits per heavy atom. The Bertz CT molecular complexity index is 1450. The van der Waals surface area contributed by atoms with Crippen LogP contribution in [0.4, 0.5) is 0 Å². The molecular formula is C27H32N6O3. The standard InChI is InChI=1S/C27H32N6O3/c1-28-19-12-20(34)15-32(14-19)27(35)18-9-21-24(23(11-18)36-3)31(2)26(30-21)22-10-17-5-4-8-29-25(17)33(22)13-16-6-7-16/h4-5,8-11,16,19-20,28,34H,6-7,12-15H2,1-3H3. The average Bonchev–Trinajstić information content (AvgIpc) is 3.56. The second-order valence-corrected chi connectivity index (χ2v) is 10.1. The molecule has 4 heterocycles. The molecule has 1 saturated carbocycles. The smallest absolute Gasteiger partial charge is 0.254 e. The Hall–Kier alpha value is -3.43. The Labute approximate surface area is 209 Å². The van der Waals surface area contributed by atoms with E-state index in [1.165, 1.54) is 12.8 Å². The van der Waals surface area contributed by atoms with Gasteiger partial charge in [0.25, 0.3) is 5.91 Å². The fourth-order valence-corrected chi connectivity index (χ4v) is 5.46. The second-order valence-electron chi connectivity index (χ2n) is 10.1. The van der Waals surface area contributed by atoms with Crippen LogP contribution in [0.2, 0.25) is 0 Å². The molecule has 6 rings (SSSR count). The SMILES string of the molecule is CNC1CC(O)CN(C(=O)c2cc(OC)c3c(c2)nc(-c2cc4cccnc4n2CC2CC2)n3C)C1. The van der Waals surface area contributed by atoms with E-state index in [4.69, 9.17) is 9.72 Å². The summed E-state index contributed by atoms with van der Waals surface area (Å²) in [7, 11) is 5.46. The van der Waals surface area contributed by atoms with Gasteiger partial charge in [-0.1, -0.05) is 0 Å². The second kappa shape index (κ2) is 8.90. The van der Waals surface area contributed by atoms with Crippen LogP contribution in [0.3, 0.4) is 0 Å². The van der Waals surface area contributed by atoms with Crippen molar-refractivity contribution >= 4 is 28.0 Å². The van der Waals surface area contributed by atoms with Gasteiger partial charge in [-0.2, -0.15) is 0 Å². The first kappa shape index (κ1) is 23.0. The molecule has 2 fully saturated rings. The maximum Gasteiger partial charge on any atom is 0.254 e. The van der Waals surface area contributed by atoms with E-state index < -0.39 is 6.10 Å². The summed E-state index contributed by atoms with van der Waals surface area (Å²) in [5.74, 6) is 1.96. The Morgan fingerprint density at radius 1 is 1.25 bits per heavy atom. The minimum Gasteiger partial charge on any atom is -0.494 e. The molecule has 3 aromatic heterocycles. The highest BCUT2D eigenvalue weighted by Gasteiger charge is 2.30. The van der Waals surface area contributed by atoms with Gasteiger partial charge in [0.1, 0.15) is 16.9 Å². The number of nitrogens with one attached hydrogen (secondary N) is 1. The van der Waals surface area contributed by atoms with Crippen LogP contribution in [0, 0.1) is 5.92 Å². The van der Waals surface area contributed by atoms with Crippen LogP contribution in [-0.4, -0.2) is 74.4 Å². The fraction of sp³-hybridized carbons (Fsp3) is 0.444. The molecule has 1 aliphatic carbocycles. The van der Waals surface area contributed by atoms with E-state index >= 15 is 0 Å². The lowest BCUT2D eigenvalue weighted by molar-refractivity contribution is 0.0389. The lowest BCUT2D eigenvalue weighted by atomic mass is 10.0. The number of aliphatic hydroxyl groups is 1. The normalized spacial score (nSPS) is 20.4. The van der Waals surface area contributed by atoms with E-state index in [0.717, 1.165) is 34.6 Å². The topological polar surface area (TPSA) is 97.4 Å². The van der Waals surface area contributed by atoms with Crippen LogP contribution in [0.25, 0.3) is 33.6 Å². The molecule has 4 aromatic rings. The number of carbonyl (C=O) groups is 1. The molecule has 9 heteroatoms. The van der Waals surface area contributed by atoms with Gasteiger partial charge in [-0.25, -0.2) is 9.97 Å². The van der Waals surface area contributed by atoms with Crippen LogP contribution in [0.5, 0.6) is 5.75 Å². The van der Waals surface area contributed by atoms with E-state index in [9.17, 15) is 9.90 Å². The number of ether oxygens (including phenoxy) is 1. The summed E-state index contributed by atoms with van der Waals surface area (Å²) in [5, 5.41) is 14.6. The van der Waals surface area contributed by atoms with Gasteiger partial charge in [-0.3, -0.25) is 4.79 Å². The lowest BCUT2D eigenvalue weighted by Gasteiger charge is -2.35. The third kappa shape index (κ3) is 3.92. The monoisotopic (exact) mass is 488 g/mol. The molecule has 2 unspecified atom stereocenters. The molecule has 2 atom stereocenters. The van der Waals surface area contributed by atoms with Crippen molar-refractivity contribution < 1.29 is 14.6 Å². The number of aromatic nitrogens is 4. The van der Waals surface area contributed by atoms with E-state index in [1.54, 1.807) is 18.1 Å². The Balaban J connectivity index is 1.44. The Morgan fingerprint density at radius 3 is 2.83 bits per heavy atom. The molecule has 0 radical (unpaired) electrons. The van der Waals surface area contributed by atoms with Crippen LogP contribution in [-0.2, 0) is 13.6 Å². The van der Waals surface area contributed by atoms with Crippen molar-refractivity contribution in [3.63, 3.8) is 0 Å². The number of aryl methyl sites for hydroxylation is 1. The highest BCUT2D eigenvalue weighted by molar-refractivity contribution is 6.00. The van der Waals surface area contributed by atoms with Crippen molar-refractivity contribution in [1.82, 2.24) is 29.3 Å². The van der Waals surface area contributed by atoms with Gasteiger partial charge < -0.3 is 29.2 Å². The number of hydrogen-bond acceptors (Lipinski definition) is 6. The maximum atomic E-state index is 13.5. The lowest BCUT2D eigenvalue weighted by Crippen LogP contribution is -2.52. The number of carbonyl (C=O) groups excluding carboxylic acids is 1. The highest BCUT2D eigenvalue weighted by Crippen LogP contribution is 2.37. The van der Waals surface area contributed by atoms with Crippen molar-refractivity contribution in [3.8, 4) is 17.3 Å². The fourth-order valence-electron chi connectivity index (χ4n) is 5.46. The molecule has 188 valence electrons. The summed E-state index contributed by atoms with van der Waals surface area (Å²) in [5.41, 5.74) is 4.03.